The van der Waals surface area contributed by atoms with Crippen molar-refractivity contribution in [1.29, 1.82) is 0 Å². The van der Waals surface area contributed by atoms with Gasteiger partial charge < -0.3 is 14.2 Å². The van der Waals surface area contributed by atoms with Crippen LogP contribution in [0.1, 0.15) is 20.7 Å². The van der Waals surface area contributed by atoms with Crippen molar-refractivity contribution in [2.45, 2.75) is 0 Å². The fraction of sp³-hybridized carbons (Fsp3) is 0.0938. The third kappa shape index (κ3) is 5.11. The van der Waals surface area contributed by atoms with Gasteiger partial charge in [-0.05, 0) is 41.5 Å². The van der Waals surface area contributed by atoms with Gasteiger partial charge >= 0.3 is 5.97 Å². The maximum absolute atomic E-state index is 13.2. The van der Waals surface area contributed by atoms with E-state index >= 15 is 0 Å². The number of benzene rings is 4. The Morgan fingerprint density at radius 2 is 1.34 bits per heavy atom. The Kier molecular flexibility index (Phi) is 7.13. The van der Waals surface area contributed by atoms with Crippen molar-refractivity contribution in [2.24, 2.45) is 0 Å². The van der Waals surface area contributed by atoms with E-state index in [9.17, 15) is 9.59 Å². The minimum Gasteiger partial charge on any atom is -0.493 e. The number of hydrogen-bond donors (Lipinski definition) is 0. The number of aromatic nitrogens is 1. The van der Waals surface area contributed by atoms with Gasteiger partial charge in [-0.3, -0.25) is 4.79 Å². The SMILES string of the molecule is COc1ccc(-c2cc(C(=O)OCC(=O)c3ccc(-c4ccccc4)cc3)c3ccccc3n2)cc1OC. The van der Waals surface area contributed by atoms with E-state index in [2.05, 4.69) is 0 Å². The molecule has 0 unspecified atom stereocenters. The molecule has 4 aromatic carbocycles. The lowest BCUT2D eigenvalue weighted by atomic mass is 10.0. The van der Waals surface area contributed by atoms with Crippen LogP contribution in [-0.4, -0.2) is 37.6 Å². The first kappa shape index (κ1) is 24.7. The molecule has 5 aromatic rings. The number of ketones is 1. The van der Waals surface area contributed by atoms with Crippen molar-refractivity contribution >= 4 is 22.7 Å². The highest BCUT2D eigenvalue weighted by Crippen LogP contribution is 2.33. The summed E-state index contributed by atoms with van der Waals surface area (Å²) in [4.78, 5) is 30.7. The van der Waals surface area contributed by atoms with Crippen molar-refractivity contribution in [3.8, 4) is 33.9 Å². The molecule has 188 valence electrons. The summed E-state index contributed by atoms with van der Waals surface area (Å²) in [5.41, 5.74) is 4.82. The Morgan fingerprint density at radius 1 is 0.684 bits per heavy atom. The zero-order valence-corrected chi connectivity index (χ0v) is 21.0. The van der Waals surface area contributed by atoms with Crippen molar-refractivity contribution in [1.82, 2.24) is 4.98 Å². The van der Waals surface area contributed by atoms with Gasteiger partial charge in [-0.2, -0.15) is 0 Å². The normalized spacial score (nSPS) is 10.7. The monoisotopic (exact) mass is 503 g/mol. The first-order chi connectivity index (χ1) is 18.6. The van der Waals surface area contributed by atoms with Gasteiger partial charge in [0, 0.05) is 16.5 Å². The predicted molar refractivity (Wildman–Crippen MR) is 147 cm³/mol. The van der Waals surface area contributed by atoms with Crippen LogP contribution in [0.2, 0.25) is 0 Å². The summed E-state index contributed by atoms with van der Waals surface area (Å²) in [7, 11) is 3.13. The molecule has 0 amide bonds. The fourth-order valence-corrected chi connectivity index (χ4v) is 4.26. The average Bonchev–Trinajstić information content (AvgIpc) is 2.99. The van der Waals surface area contributed by atoms with Crippen LogP contribution in [0.4, 0.5) is 0 Å². The van der Waals surface area contributed by atoms with Crippen molar-refractivity contribution in [2.75, 3.05) is 20.8 Å². The predicted octanol–water partition coefficient (Wildman–Crippen LogP) is 6.63. The molecule has 0 atom stereocenters. The Labute approximate surface area is 220 Å². The number of pyridine rings is 1. The Bertz CT molecular complexity index is 1610. The van der Waals surface area contributed by atoms with Crippen LogP contribution < -0.4 is 9.47 Å². The van der Waals surface area contributed by atoms with Crippen LogP contribution in [0.5, 0.6) is 11.5 Å². The molecule has 1 aromatic heterocycles. The third-order valence-electron chi connectivity index (χ3n) is 6.26. The summed E-state index contributed by atoms with van der Waals surface area (Å²) in [6, 6.07) is 31.6. The molecule has 5 rings (SSSR count). The number of hydrogen-bond acceptors (Lipinski definition) is 6. The molecule has 1 heterocycles. The highest BCUT2D eigenvalue weighted by atomic mass is 16.5. The first-order valence-corrected chi connectivity index (χ1v) is 12.1. The summed E-state index contributed by atoms with van der Waals surface area (Å²) in [5.74, 6) is 0.260. The number of carbonyl (C=O) groups excluding carboxylic acids is 2. The molecule has 0 fully saturated rings. The van der Waals surface area contributed by atoms with Crippen LogP contribution in [0.3, 0.4) is 0 Å². The zero-order chi connectivity index (χ0) is 26.5. The van der Waals surface area contributed by atoms with Crippen LogP contribution >= 0.6 is 0 Å². The minimum absolute atomic E-state index is 0.281. The van der Waals surface area contributed by atoms with Crippen LogP contribution in [0.15, 0.2) is 103 Å². The molecule has 0 aliphatic rings. The Balaban J connectivity index is 1.38. The first-order valence-electron chi connectivity index (χ1n) is 12.1. The summed E-state index contributed by atoms with van der Waals surface area (Å²) in [6.07, 6.45) is 0. The van der Waals surface area contributed by atoms with Crippen molar-refractivity contribution in [3.63, 3.8) is 0 Å². The van der Waals surface area contributed by atoms with E-state index in [1.165, 1.54) is 0 Å². The van der Waals surface area contributed by atoms with Crippen molar-refractivity contribution in [3.05, 3.63) is 114 Å². The van der Waals surface area contributed by atoms with E-state index in [1.807, 2.05) is 66.7 Å². The molecular formula is C32H25NO5. The molecule has 0 radical (unpaired) electrons. The van der Waals surface area contributed by atoms with Gasteiger partial charge in [0.25, 0.3) is 0 Å². The molecule has 0 saturated heterocycles. The molecule has 0 N–H and O–H groups in total. The molecular weight excluding hydrogens is 478 g/mol. The number of methoxy groups -OCH3 is 2. The smallest absolute Gasteiger partial charge is 0.339 e. The topological polar surface area (TPSA) is 74.7 Å². The second-order valence-electron chi connectivity index (χ2n) is 8.58. The number of ether oxygens (including phenoxy) is 3. The van der Waals surface area contributed by atoms with Gasteiger partial charge in [0.15, 0.2) is 23.9 Å². The van der Waals surface area contributed by atoms with E-state index in [0.717, 1.165) is 16.7 Å². The highest BCUT2D eigenvalue weighted by Gasteiger charge is 2.18. The molecule has 0 saturated carbocycles. The van der Waals surface area contributed by atoms with Crippen LogP contribution in [0.25, 0.3) is 33.3 Å². The van der Waals surface area contributed by atoms with E-state index in [-0.39, 0.29) is 12.4 Å². The molecule has 0 aliphatic carbocycles. The number of para-hydroxylation sites is 1. The molecule has 38 heavy (non-hydrogen) atoms. The largest absolute Gasteiger partial charge is 0.493 e. The quantitative estimate of drug-likeness (QED) is 0.175. The lowest BCUT2D eigenvalue weighted by molar-refractivity contribution is 0.0476. The van der Waals surface area contributed by atoms with E-state index < -0.39 is 5.97 Å². The molecule has 0 bridgehead atoms. The molecule has 0 spiro atoms. The van der Waals surface area contributed by atoms with E-state index in [4.69, 9.17) is 19.2 Å². The Hall–Kier alpha value is -4.97. The van der Waals surface area contributed by atoms with Gasteiger partial charge in [0.2, 0.25) is 0 Å². The summed E-state index contributed by atoms with van der Waals surface area (Å²) in [6.45, 7) is -0.369. The van der Waals surface area contributed by atoms with Gasteiger partial charge in [-0.25, -0.2) is 9.78 Å². The number of rotatable bonds is 8. The van der Waals surface area contributed by atoms with Gasteiger partial charge in [0.1, 0.15) is 0 Å². The summed E-state index contributed by atoms with van der Waals surface area (Å²) in [5, 5.41) is 0.640. The molecule has 6 nitrogen and oxygen atoms in total. The zero-order valence-electron chi connectivity index (χ0n) is 21.0. The highest BCUT2D eigenvalue weighted by molar-refractivity contribution is 6.06. The van der Waals surface area contributed by atoms with E-state index in [1.54, 1.807) is 50.6 Å². The Morgan fingerprint density at radius 3 is 2.08 bits per heavy atom. The minimum atomic E-state index is -0.598. The molecule has 6 heteroatoms. The van der Waals surface area contributed by atoms with Crippen molar-refractivity contribution < 1.29 is 23.8 Å². The fourth-order valence-electron chi connectivity index (χ4n) is 4.26. The number of fused-ring (bicyclic) bond motifs is 1. The lowest BCUT2D eigenvalue weighted by Gasteiger charge is -2.12. The molecule has 0 aliphatic heterocycles. The maximum Gasteiger partial charge on any atom is 0.339 e. The second-order valence-corrected chi connectivity index (χ2v) is 8.58. The average molecular weight is 504 g/mol. The standard InChI is InChI=1S/C32H25NO5/c1-36-30-17-16-24(18-31(30)37-2)28-19-26(25-10-6-7-11-27(25)33-28)32(35)38-20-29(34)23-14-12-22(13-15-23)21-8-4-3-5-9-21/h3-19H,20H2,1-2H3. The number of nitrogens with zero attached hydrogens (tertiary/aromatic N) is 1. The van der Waals surface area contributed by atoms with Gasteiger partial charge in [-0.15, -0.1) is 0 Å². The summed E-state index contributed by atoms with van der Waals surface area (Å²) < 4.78 is 16.2. The lowest BCUT2D eigenvalue weighted by Crippen LogP contribution is -2.15. The van der Waals surface area contributed by atoms with Crippen LogP contribution in [-0.2, 0) is 4.74 Å². The van der Waals surface area contributed by atoms with E-state index in [0.29, 0.717) is 39.2 Å². The second kappa shape index (κ2) is 11.0. The number of Topliss-reactive ketones (excluding diaryl/α,β-unsaturated/α-hetero) is 1. The van der Waals surface area contributed by atoms with Crippen LogP contribution in [0, 0.1) is 0 Å². The summed E-state index contributed by atoms with van der Waals surface area (Å²) >= 11 is 0. The third-order valence-corrected chi connectivity index (χ3v) is 6.26. The number of esters is 1. The van der Waals surface area contributed by atoms with Gasteiger partial charge in [-0.1, -0.05) is 72.8 Å². The maximum atomic E-state index is 13.2. The van der Waals surface area contributed by atoms with Gasteiger partial charge in [0.05, 0.1) is 31.0 Å². The number of carbonyl (C=O) groups is 2.